The molecule has 0 bridgehead atoms. The summed E-state index contributed by atoms with van der Waals surface area (Å²) in [6.07, 6.45) is 3.16. The third kappa shape index (κ3) is 4.12. The minimum Gasteiger partial charge on any atom is -0.378 e. The third-order valence-corrected chi connectivity index (χ3v) is 4.40. The molecule has 3 aromatic rings. The maximum absolute atomic E-state index is 12.8. The Morgan fingerprint density at radius 2 is 1.96 bits per heavy atom. The minimum absolute atomic E-state index is 0.229. The number of para-hydroxylation sites is 2. The fourth-order valence-electron chi connectivity index (χ4n) is 3.06. The predicted octanol–water partition coefficient (Wildman–Crippen LogP) is 3.21. The molecule has 2 N–H and O–H groups in total. The highest BCUT2D eigenvalue weighted by atomic mass is 16.5. The van der Waals surface area contributed by atoms with Crippen LogP contribution in [-0.2, 0) is 4.74 Å². The Kier molecular flexibility index (Phi) is 5.20. The SMILES string of the molecule is Cc1cc(Nc2cncc(C(=O)Nc3ccccc3N3CCOCC3)c2)no1. The Hall–Kier alpha value is -3.39. The van der Waals surface area contributed by atoms with Crippen LogP contribution < -0.4 is 15.5 Å². The predicted molar refractivity (Wildman–Crippen MR) is 106 cm³/mol. The van der Waals surface area contributed by atoms with Gasteiger partial charge >= 0.3 is 0 Å². The summed E-state index contributed by atoms with van der Waals surface area (Å²) in [7, 11) is 0. The molecule has 1 aliphatic rings. The number of ether oxygens (including phenoxy) is 1. The first-order valence-corrected chi connectivity index (χ1v) is 9.07. The highest BCUT2D eigenvalue weighted by molar-refractivity contribution is 6.06. The van der Waals surface area contributed by atoms with E-state index in [1.165, 1.54) is 6.20 Å². The van der Waals surface area contributed by atoms with Crippen LogP contribution in [0.15, 0.2) is 53.3 Å². The molecular weight excluding hydrogens is 358 g/mol. The van der Waals surface area contributed by atoms with Crippen LogP contribution in [-0.4, -0.2) is 42.4 Å². The van der Waals surface area contributed by atoms with Gasteiger partial charge in [0, 0.05) is 25.4 Å². The lowest BCUT2D eigenvalue weighted by Crippen LogP contribution is -2.36. The molecule has 144 valence electrons. The largest absolute Gasteiger partial charge is 0.378 e. The van der Waals surface area contributed by atoms with Crippen LogP contribution in [0.4, 0.5) is 22.9 Å². The second kappa shape index (κ2) is 8.10. The smallest absolute Gasteiger partial charge is 0.257 e. The van der Waals surface area contributed by atoms with Gasteiger partial charge in [0.05, 0.1) is 42.0 Å². The molecule has 8 nitrogen and oxygen atoms in total. The number of pyridine rings is 1. The van der Waals surface area contributed by atoms with Crippen molar-refractivity contribution in [2.24, 2.45) is 0 Å². The maximum Gasteiger partial charge on any atom is 0.257 e. The lowest BCUT2D eigenvalue weighted by molar-refractivity contribution is 0.102. The van der Waals surface area contributed by atoms with Crippen LogP contribution in [0.2, 0.25) is 0 Å². The van der Waals surface area contributed by atoms with Gasteiger partial charge in [-0.25, -0.2) is 0 Å². The lowest BCUT2D eigenvalue weighted by Gasteiger charge is -2.30. The van der Waals surface area contributed by atoms with Crippen LogP contribution in [0.5, 0.6) is 0 Å². The molecule has 1 fully saturated rings. The summed E-state index contributed by atoms with van der Waals surface area (Å²) in [6, 6.07) is 11.3. The van der Waals surface area contributed by atoms with Gasteiger partial charge in [0.2, 0.25) is 0 Å². The fraction of sp³-hybridized carbons (Fsp3) is 0.250. The zero-order chi connectivity index (χ0) is 19.3. The Morgan fingerprint density at radius 1 is 1.14 bits per heavy atom. The lowest BCUT2D eigenvalue weighted by atomic mass is 10.2. The van der Waals surface area contributed by atoms with Crippen molar-refractivity contribution in [3.8, 4) is 0 Å². The van der Waals surface area contributed by atoms with E-state index in [1.807, 2.05) is 31.2 Å². The Morgan fingerprint density at radius 3 is 2.75 bits per heavy atom. The number of hydrogen-bond donors (Lipinski definition) is 2. The van der Waals surface area contributed by atoms with Crippen LogP contribution >= 0.6 is 0 Å². The monoisotopic (exact) mass is 379 g/mol. The van der Waals surface area contributed by atoms with Crippen LogP contribution in [0.3, 0.4) is 0 Å². The number of aromatic nitrogens is 2. The highest BCUT2D eigenvalue weighted by Gasteiger charge is 2.16. The molecule has 1 aromatic carbocycles. The summed E-state index contributed by atoms with van der Waals surface area (Å²) in [4.78, 5) is 19.2. The topological polar surface area (TPSA) is 92.5 Å². The van der Waals surface area contributed by atoms with Crippen LogP contribution in [0, 0.1) is 6.92 Å². The van der Waals surface area contributed by atoms with E-state index in [4.69, 9.17) is 9.26 Å². The van der Waals surface area contributed by atoms with E-state index < -0.39 is 0 Å². The molecule has 0 unspecified atom stereocenters. The van der Waals surface area contributed by atoms with Gasteiger partial charge in [-0.2, -0.15) is 0 Å². The van der Waals surface area contributed by atoms with E-state index in [-0.39, 0.29) is 5.91 Å². The van der Waals surface area contributed by atoms with Crippen molar-refractivity contribution in [2.45, 2.75) is 6.92 Å². The average molecular weight is 379 g/mol. The van der Waals surface area contributed by atoms with Crippen molar-refractivity contribution in [2.75, 3.05) is 41.8 Å². The number of nitrogens with zero attached hydrogens (tertiary/aromatic N) is 3. The number of nitrogens with one attached hydrogen (secondary N) is 2. The van der Waals surface area contributed by atoms with Gasteiger partial charge in [-0.1, -0.05) is 17.3 Å². The number of anilines is 4. The second-order valence-corrected chi connectivity index (χ2v) is 6.48. The molecule has 0 aliphatic carbocycles. The summed E-state index contributed by atoms with van der Waals surface area (Å²) >= 11 is 0. The first kappa shape index (κ1) is 18.0. The van der Waals surface area contributed by atoms with Crippen molar-refractivity contribution in [1.29, 1.82) is 0 Å². The molecule has 1 aliphatic heterocycles. The molecule has 1 amide bonds. The van der Waals surface area contributed by atoms with E-state index in [1.54, 1.807) is 18.3 Å². The number of carbonyl (C=O) groups is 1. The zero-order valence-corrected chi connectivity index (χ0v) is 15.5. The van der Waals surface area contributed by atoms with Gasteiger partial charge in [-0.15, -0.1) is 0 Å². The molecule has 4 rings (SSSR count). The molecule has 8 heteroatoms. The van der Waals surface area contributed by atoms with Gasteiger partial charge in [-0.3, -0.25) is 9.78 Å². The van der Waals surface area contributed by atoms with E-state index in [9.17, 15) is 4.79 Å². The number of rotatable bonds is 5. The van der Waals surface area contributed by atoms with Gasteiger partial charge < -0.3 is 24.8 Å². The van der Waals surface area contributed by atoms with Crippen LogP contribution in [0.25, 0.3) is 0 Å². The van der Waals surface area contributed by atoms with Crippen molar-refractivity contribution in [3.63, 3.8) is 0 Å². The average Bonchev–Trinajstić information content (AvgIpc) is 3.14. The van der Waals surface area contributed by atoms with Gasteiger partial charge in [0.15, 0.2) is 5.82 Å². The fourth-order valence-corrected chi connectivity index (χ4v) is 3.06. The van der Waals surface area contributed by atoms with Crippen LogP contribution in [0.1, 0.15) is 16.1 Å². The normalized spacial score (nSPS) is 14.0. The Balaban J connectivity index is 1.50. The molecule has 1 saturated heterocycles. The molecular formula is C20H21N5O3. The second-order valence-electron chi connectivity index (χ2n) is 6.48. The van der Waals surface area contributed by atoms with Gasteiger partial charge in [-0.05, 0) is 25.1 Å². The van der Waals surface area contributed by atoms with Crippen molar-refractivity contribution < 1.29 is 14.1 Å². The number of amides is 1. The van der Waals surface area contributed by atoms with Crippen molar-refractivity contribution in [3.05, 3.63) is 60.1 Å². The number of benzene rings is 1. The molecule has 0 radical (unpaired) electrons. The summed E-state index contributed by atoms with van der Waals surface area (Å²) in [6.45, 7) is 4.77. The van der Waals surface area contributed by atoms with E-state index in [0.29, 0.717) is 36.0 Å². The molecule has 2 aromatic heterocycles. The number of morpholine rings is 1. The third-order valence-electron chi connectivity index (χ3n) is 4.40. The molecule has 0 atom stereocenters. The standard InChI is InChI=1S/C20H21N5O3/c1-14-10-19(24-28-14)22-16-11-15(12-21-13-16)20(26)23-17-4-2-3-5-18(17)25-6-8-27-9-7-25/h2-5,10-13H,6-9H2,1H3,(H,22,24)(H,23,26). The number of carbonyl (C=O) groups excluding carboxylic acids is 1. The van der Waals surface area contributed by atoms with Crippen molar-refractivity contribution >= 4 is 28.8 Å². The van der Waals surface area contributed by atoms with E-state index in [0.717, 1.165) is 24.5 Å². The first-order chi connectivity index (χ1) is 13.7. The molecule has 0 saturated carbocycles. The highest BCUT2D eigenvalue weighted by Crippen LogP contribution is 2.27. The van der Waals surface area contributed by atoms with Gasteiger partial charge in [0.1, 0.15) is 5.76 Å². The molecule has 3 heterocycles. The summed E-state index contributed by atoms with van der Waals surface area (Å²) < 4.78 is 10.5. The number of aryl methyl sites for hydroxylation is 1. The summed E-state index contributed by atoms with van der Waals surface area (Å²) in [5, 5.41) is 9.96. The summed E-state index contributed by atoms with van der Waals surface area (Å²) in [5.74, 6) is 1.03. The first-order valence-electron chi connectivity index (χ1n) is 9.07. The van der Waals surface area contributed by atoms with E-state index >= 15 is 0 Å². The van der Waals surface area contributed by atoms with E-state index in [2.05, 4.69) is 25.7 Å². The molecule has 0 spiro atoms. The molecule has 28 heavy (non-hydrogen) atoms. The van der Waals surface area contributed by atoms with Gasteiger partial charge in [0.25, 0.3) is 5.91 Å². The Bertz CT molecular complexity index is 966. The number of hydrogen-bond acceptors (Lipinski definition) is 7. The Labute approximate surface area is 162 Å². The summed E-state index contributed by atoms with van der Waals surface area (Å²) in [5.41, 5.74) is 2.85. The quantitative estimate of drug-likeness (QED) is 0.703. The zero-order valence-electron chi connectivity index (χ0n) is 15.5. The minimum atomic E-state index is -0.229. The maximum atomic E-state index is 12.8. The van der Waals surface area contributed by atoms with Crippen molar-refractivity contribution in [1.82, 2.24) is 10.1 Å².